The SMILES string of the molecule is CC.CS(=O)(=O)c1ccccc1.II. The Morgan fingerprint density at radius 2 is 1.36 bits per heavy atom. The Labute approximate surface area is 110 Å². The highest BCUT2D eigenvalue weighted by molar-refractivity contribution is 15.0. The molecule has 0 atom stereocenters. The van der Waals surface area contributed by atoms with E-state index in [4.69, 9.17) is 0 Å². The number of benzene rings is 1. The van der Waals surface area contributed by atoms with E-state index in [2.05, 4.69) is 37.2 Å². The molecule has 0 spiro atoms. The van der Waals surface area contributed by atoms with Crippen LogP contribution >= 0.6 is 37.2 Å². The van der Waals surface area contributed by atoms with E-state index >= 15 is 0 Å². The first-order valence-corrected chi connectivity index (χ1v) is 12.2. The molecule has 0 saturated carbocycles. The Hall–Kier alpha value is 0.630. The van der Waals surface area contributed by atoms with E-state index < -0.39 is 9.84 Å². The molecule has 2 nitrogen and oxygen atoms in total. The summed E-state index contributed by atoms with van der Waals surface area (Å²) in [6.07, 6.45) is 1.20. The van der Waals surface area contributed by atoms with E-state index in [1.54, 1.807) is 30.3 Å². The lowest BCUT2D eigenvalue weighted by Crippen LogP contribution is -1.95. The van der Waals surface area contributed by atoms with Gasteiger partial charge in [0.05, 0.1) is 4.90 Å². The van der Waals surface area contributed by atoms with Crippen molar-refractivity contribution >= 4 is 47.1 Å². The van der Waals surface area contributed by atoms with Crippen LogP contribution in [0.25, 0.3) is 0 Å². The van der Waals surface area contributed by atoms with Gasteiger partial charge in [0.15, 0.2) is 9.84 Å². The molecule has 0 aliphatic rings. The number of halogens is 2. The smallest absolute Gasteiger partial charge is 0.175 e. The zero-order valence-electron chi connectivity index (χ0n) is 8.37. The summed E-state index contributed by atoms with van der Waals surface area (Å²) in [6, 6.07) is 8.35. The van der Waals surface area contributed by atoms with Crippen molar-refractivity contribution < 1.29 is 8.42 Å². The van der Waals surface area contributed by atoms with Crippen molar-refractivity contribution in [1.82, 2.24) is 0 Å². The summed E-state index contributed by atoms with van der Waals surface area (Å²) in [5.74, 6) is 0. The summed E-state index contributed by atoms with van der Waals surface area (Å²) in [6.45, 7) is 4.00. The first-order valence-electron chi connectivity index (χ1n) is 4.00. The fraction of sp³-hybridized carbons (Fsp3) is 0.333. The van der Waals surface area contributed by atoms with Gasteiger partial charge < -0.3 is 0 Å². The Kier molecular flexibility index (Phi) is 12.4. The van der Waals surface area contributed by atoms with E-state index in [-0.39, 0.29) is 0 Å². The first kappa shape index (κ1) is 17.0. The molecule has 0 radical (unpaired) electrons. The highest BCUT2D eigenvalue weighted by Gasteiger charge is 2.02. The maximum atomic E-state index is 10.8. The van der Waals surface area contributed by atoms with Gasteiger partial charge in [0, 0.05) is 43.5 Å². The van der Waals surface area contributed by atoms with Crippen LogP contribution < -0.4 is 0 Å². The van der Waals surface area contributed by atoms with Crippen LogP contribution in [0.3, 0.4) is 0 Å². The van der Waals surface area contributed by atoms with Crippen LogP contribution in [0.4, 0.5) is 0 Å². The molecule has 0 aliphatic carbocycles. The fourth-order valence-electron chi connectivity index (χ4n) is 0.668. The molecule has 1 aromatic rings. The minimum atomic E-state index is -3.00. The third kappa shape index (κ3) is 7.98. The lowest BCUT2D eigenvalue weighted by Gasteiger charge is -1.93. The van der Waals surface area contributed by atoms with Crippen LogP contribution in [0.2, 0.25) is 0 Å². The molecular weight excluding hydrogens is 426 g/mol. The van der Waals surface area contributed by atoms with E-state index in [1.165, 1.54) is 6.26 Å². The van der Waals surface area contributed by atoms with Crippen molar-refractivity contribution in [2.24, 2.45) is 0 Å². The van der Waals surface area contributed by atoms with Gasteiger partial charge in [-0.1, -0.05) is 32.0 Å². The van der Waals surface area contributed by atoms with Gasteiger partial charge >= 0.3 is 0 Å². The largest absolute Gasteiger partial charge is 0.224 e. The molecule has 0 aromatic heterocycles. The Morgan fingerprint density at radius 3 is 1.57 bits per heavy atom. The van der Waals surface area contributed by atoms with Gasteiger partial charge in [-0.05, 0) is 12.1 Å². The van der Waals surface area contributed by atoms with Gasteiger partial charge in [0.25, 0.3) is 0 Å². The molecule has 82 valence electrons. The molecule has 5 heteroatoms. The number of hydrogen-bond donors (Lipinski definition) is 0. The van der Waals surface area contributed by atoms with Crippen LogP contribution in [0, 0.1) is 0 Å². The first-order chi connectivity index (χ1) is 6.61. The molecule has 1 rings (SSSR count). The topological polar surface area (TPSA) is 34.1 Å². The van der Waals surface area contributed by atoms with Crippen molar-refractivity contribution in [2.45, 2.75) is 18.7 Å². The van der Waals surface area contributed by atoms with Crippen molar-refractivity contribution in [3.63, 3.8) is 0 Å². The third-order valence-corrected chi connectivity index (χ3v) is 2.30. The van der Waals surface area contributed by atoms with E-state index in [1.807, 2.05) is 13.8 Å². The minimum absolute atomic E-state index is 0.370. The summed E-state index contributed by atoms with van der Waals surface area (Å²) in [5, 5.41) is 0. The van der Waals surface area contributed by atoms with Gasteiger partial charge in [-0.2, -0.15) is 0 Å². The zero-order valence-corrected chi connectivity index (χ0v) is 13.5. The van der Waals surface area contributed by atoms with Crippen LogP contribution in [-0.2, 0) is 9.84 Å². The molecule has 0 saturated heterocycles. The predicted octanol–water partition coefficient (Wildman–Crippen LogP) is 3.89. The molecule has 0 N–H and O–H groups in total. The van der Waals surface area contributed by atoms with E-state index in [0.717, 1.165) is 0 Å². The molecule has 0 bridgehead atoms. The zero-order chi connectivity index (χ0) is 11.6. The van der Waals surface area contributed by atoms with Crippen LogP contribution in [0.15, 0.2) is 35.2 Å². The quantitative estimate of drug-likeness (QED) is 0.622. The summed E-state index contributed by atoms with van der Waals surface area (Å²) in [5.41, 5.74) is 0. The van der Waals surface area contributed by atoms with Gasteiger partial charge in [-0.15, -0.1) is 0 Å². The second-order valence-corrected chi connectivity index (χ2v) is 4.10. The van der Waals surface area contributed by atoms with Crippen LogP contribution in [0.1, 0.15) is 13.8 Å². The van der Waals surface area contributed by atoms with Gasteiger partial charge in [0.2, 0.25) is 0 Å². The van der Waals surface area contributed by atoms with Crippen LogP contribution in [0.5, 0.6) is 0 Å². The summed E-state index contributed by atoms with van der Waals surface area (Å²) < 4.78 is 21.7. The maximum Gasteiger partial charge on any atom is 0.175 e. The number of rotatable bonds is 1. The maximum absolute atomic E-state index is 10.8. The molecule has 14 heavy (non-hydrogen) atoms. The third-order valence-electron chi connectivity index (χ3n) is 1.17. The molecule has 0 heterocycles. The van der Waals surface area contributed by atoms with Crippen molar-refractivity contribution in [1.29, 1.82) is 0 Å². The molecular formula is C9H14I2O2S. The standard InChI is InChI=1S/C7H8O2S.C2H6.I2/c1-10(8,9)7-5-3-2-4-6-7;2*1-2/h2-6H,1H3;1-2H3;. The highest BCUT2D eigenvalue weighted by atomic mass is 128. The monoisotopic (exact) mass is 440 g/mol. The second kappa shape index (κ2) is 10.2. The summed E-state index contributed by atoms with van der Waals surface area (Å²) in [7, 11) is -3.00. The Bertz CT molecular complexity index is 309. The van der Waals surface area contributed by atoms with E-state index in [0.29, 0.717) is 4.90 Å². The summed E-state index contributed by atoms with van der Waals surface area (Å²) in [4.78, 5) is 0.370. The van der Waals surface area contributed by atoms with Gasteiger partial charge in [-0.25, -0.2) is 8.42 Å². The number of hydrogen-bond acceptors (Lipinski definition) is 2. The molecule has 0 fully saturated rings. The second-order valence-electron chi connectivity index (χ2n) is 2.09. The van der Waals surface area contributed by atoms with E-state index in [9.17, 15) is 8.42 Å². The van der Waals surface area contributed by atoms with Gasteiger partial charge in [-0.3, -0.25) is 0 Å². The normalized spacial score (nSPS) is 8.93. The average Bonchev–Trinajstić information content (AvgIpc) is 2.24. The molecule has 0 unspecified atom stereocenters. The lowest BCUT2D eigenvalue weighted by molar-refractivity contribution is 0.602. The van der Waals surface area contributed by atoms with Crippen LogP contribution in [-0.4, -0.2) is 14.7 Å². The average molecular weight is 440 g/mol. The van der Waals surface area contributed by atoms with Crippen molar-refractivity contribution in [3.8, 4) is 0 Å². The molecule has 0 amide bonds. The summed E-state index contributed by atoms with van der Waals surface area (Å²) >= 11 is 4.24. The minimum Gasteiger partial charge on any atom is -0.224 e. The van der Waals surface area contributed by atoms with Crippen molar-refractivity contribution in [2.75, 3.05) is 6.26 Å². The predicted molar refractivity (Wildman–Crippen MR) is 78.9 cm³/mol. The Morgan fingerprint density at radius 1 is 1.00 bits per heavy atom. The molecule has 0 aliphatic heterocycles. The van der Waals surface area contributed by atoms with Crippen molar-refractivity contribution in [3.05, 3.63) is 30.3 Å². The van der Waals surface area contributed by atoms with Gasteiger partial charge in [0.1, 0.15) is 0 Å². The number of sulfone groups is 1. The fourth-order valence-corrected chi connectivity index (χ4v) is 1.32. The lowest BCUT2D eigenvalue weighted by atomic mass is 10.4. The Balaban J connectivity index is 0. The molecule has 1 aromatic carbocycles. The highest BCUT2D eigenvalue weighted by Crippen LogP contribution is 2.05.